The zero-order chi connectivity index (χ0) is 26.8. The molecule has 2 amide bonds. The molecule has 38 heavy (non-hydrogen) atoms. The van der Waals surface area contributed by atoms with Crippen molar-refractivity contribution >= 4 is 52.6 Å². The molecule has 3 aromatic rings. The van der Waals surface area contributed by atoms with Gasteiger partial charge in [-0.15, -0.1) is 22.0 Å². The highest BCUT2D eigenvalue weighted by Gasteiger charge is 2.54. The highest BCUT2D eigenvalue weighted by atomic mass is 32.2. The van der Waals surface area contributed by atoms with Gasteiger partial charge in [0.15, 0.2) is 10.1 Å². The molecule has 0 saturated carbocycles. The number of β-lactam (4-membered cyclic amide) rings is 1. The highest BCUT2D eigenvalue weighted by Crippen LogP contribution is 2.42. The zero-order valence-electron chi connectivity index (χ0n) is 20.5. The Kier molecular flexibility index (Phi) is 7.77. The van der Waals surface area contributed by atoms with Gasteiger partial charge in [0.1, 0.15) is 40.2 Å². The lowest BCUT2D eigenvalue weighted by molar-refractivity contribution is -0.148. The van der Waals surface area contributed by atoms with Crippen molar-refractivity contribution in [1.82, 2.24) is 20.4 Å². The monoisotopic (exact) mass is 572 g/mol. The first-order chi connectivity index (χ1) is 18.3. The molecular formula is C25H24N4O6S3. The van der Waals surface area contributed by atoms with E-state index < -0.39 is 29.2 Å². The number of carbonyl (C=O) groups excluding carboxylic acids is 2. The average molecular weight is 573 g/mol. The lowest BCUT2D eigenvalue weighted by atomic mass is 10.0. The number of benzene rings is 1. The van der Waals surface area contributed by atoms with Gasteiger partial charge in [0.05, 0.1) is 0 Å². The van der Waals surface area contributed by atoms with Gasteiger partial charge in [0.25, 0.3) is 11.8 Å². The number of furan rings is 1. The Labute approximate surface area is 230 Å². The Morgan fingerprint density at radius 2 is 2.03 bits per heavy atom. The molecular weight excluding hydrogens is 548 g/mol. The van der Waals surface area contributed by atoms with E-state index in [-0.39, 0.29) is 18.1 Å². The van der Waals surface area contributed by atoms with Crippen molar-refractivity contribution in [2.45, 2.75) is 42.6 Å². The summed E-state index contributed by atoms with van der Waals surface area (Å²) in [6.45, 7) is 4.08. The number of nitrogens with zero attached hydrogens (tertiary/aromatic N) is 3. The van der Waals surface area contributed by atoms with Gasteiger partial charge in [-0.05, 0) is 48.7 Å². The largest absolute Gasteiger partial charge is 0.486 e. The maximum absolute atomic E-state index is 12.9. The molecule has 2 aromatic heterocycles. The van der Waals surface area contributed by atoms with E-state index in [9.17, 15) is 19.5 Å². The summed E-state index contributed by atoms with van der Waals surface area (Å²) in [7, 11) is 0. The number of aromatic nitrogens is 2. The molecule has 1 fully saturated rings. The van der Waals surface area contributed by atoms with Crippen LogP contribution in [0.15, 0.2) is 56.4 Å². The Balaban J connectivity index is 1.19. The molecule has 2 N–H and O–H groups in total. The summed E-state index contributed by atoms with van der Waals surface area (Å²) in [5.41, 5.74) is 1.82. The second-order valence-corrected chi connectivity index (χ2v) is 12.1. The van der Waals surface area contributed by atoms with Gasteiger partial charge in [-0.1, -0.05) is 42.2 Å². The number of amides is 2. The summed E-state index contributed by atoms with van der Waals surface area (Å²) in [5, 5.41) is 20.9. The third kappa shape index (κ3) is 5.45. The van der Waals surface area contributed by atoms with Crippen LogP contribution in [0.3, 0.4) is 0 Å². The van der Waals surface area contributed by atoms with Crippen LogP contribution in [0.2, 0.25) is 0 Å². The van der Waals surface area contributed by atoms with E-state index in [2.05, 4.69) is 22.4 Å². The molecule has 1 aromatic carbocycles. The summed E-state index contributed by atoms with van der Waals surface area (Å²) in [4.78, 5) is 39.0. The van der Waals surface area contributed by atoms with Gasteiger partial charge in [-0.3, -0.25) is 14.5 Å². The van der Waals surface area contributed by atoms with Crippen molar-refractivity contribution in [2.24, 2.45) is 0 Å². The van der Waals surface area contributed by atoms with Crippen molar-refractivity contribution < 1.29 is 28.6 Å². The van der Waals surface area contributed by atoms with Crippen molar-refractivity contribution in [2.75, 3.05) is 11.5 Å². The van der Waals surface area contributed by atoms with Gasteiger partial charge in [-0.2, -0.15) is 0 Å². The van der Waals surface area contributed by atoms with Crippen molar-refractivity contribution in [3.8, 4) is 5.75 Å². The van der Waals surface area contributed by atoms with Crippen molar-refractivity contribution in [3.63, 3.8) is 0 Å². The van der Waals surface area contributed by atoms with E-state index in [4.69, 9.17) is 9.15 Å². The lowest BCUT2D eigenvalue weighted by Gasteiger charge is -2.49. The number of hydrogen-bond donors (Lipinski definition) is 2. The standard InChI is InChI=1S/C25H24N4O6S3/c1-3-14-4-6-16(7-5-14)34-10-17-8-9-18(35-17)21(30)26-19-22(31)29-20(24(32)33)15(11-36-23(19)29)12-37-25-28-27-13(2)38-25/h4-9,19,23H,3,10-12H2,1-2H3,(H,26,30)(H,32,33)/t19-,23+/m0/s1. The minimum absolute atomic E-state index is 0.0256. The second-order valence-electron chi connectivity index (χ2n) is 8.55. The van der Waals surface area contributed by atoms with E-state index >= 15 is 0 Å². The lowest BCUT2D eigenvalue weighted by Crippen LogP contribution is -2.70. The van der Waals surface area contributed by atoms with Crippen LogP contribution in [0.4, 0.5) is 0 Å². The minimum atomic E-state index is -1.17. The molecule has 1 saturated heterocycles. The molecule has 2 aliphatic rings. The number of rotatable bonds is 10. The zero-order valence-corrected chi connectivity index (χ0v) is 23.0. The van der Waals surface area contributed by atoms with E-state index in [0.717, 1.165) is 15.8 Å². The second kappa shape index (κ2) is 11.2. The number of carboxylic acid groups (broad SMARTS) is 1. The fourth-order valence-corrected chi connectivity index (χ4v) is 7.35. The molecule has 2 aliphatic heterocycles. The topological polar surface area (TPSA) is 135 Å². The molecule has 0 aliphatic carbocycles. The summed E-state index contributed by atoms with van der Waals surface area (Å²) >= 11 is 4.24. The summed E-state index contributed by atoms with van der Waals surface area (Å²) in [5.74, 6) is -0.160. The Morgan fingerprint density at radius 1 is 1.24 bits per heavy atom. The van der Waals surface area contributed by atoms with E-state index in [1.807, 2.05) is 31.2 Å². The molecule has 4 heterocycles. The first-order valence-electron chi connectivity index (χ1n) is 11.8. The average Bonchev–Trinajstić information content (AvgIpc) is 3.57. The van der Waals surface area contributed by atoms with Crippen LogP contribution < -0.4 is 10.1 Å². The first kappa shape index (κ1) is 26.3. The third-order valence-corrected chi connectivity index (χ3v) is 9.41. The fourth-order valence-electron chi connectivity index (χ4n) is 4.05. The molecule has 198 valence electrons. The fraction of sp³-hybridized carbons (Fsp3) is 0.320. The molecule has 0 unspecified atom stereocenters. The SMILES string of the molecule is CCc1ccc(OCc2ccc(C(=O)N[C@H]3C(=O)N4C(C(=O)O)=C(CSc5nnc(C)s5)CS[C@H]34)o2)cc1. The summed E-state index contributed by atoms with van der Waals surface area (Å²) < 4.78 is 12.1. The first-order valence-corrected chi connectivity index (χ1v) is 14.6. The predicted molar refractivity (Wildman–Crippen MR) is 143 cm³/mol. The number of fused-ring (bicyclic) bond motifs is 1. The molecule has 13 heteroatoms. The Hall–Kier alpha value is -3.29. The number of carbonyl (C=O) groups is 3. The number of thioether (sulfide) groups is 2. The van der Waals surface area contributed by atoms with Crippen molar-refractivity contribution in [3.05, 3.63) is 69.8 Å². The summed E-state index contributed by atoms with van der Waals surface area (Å²) in [6.07, 6.45) is 0.941. The molecule has 0 radical (unpaired) electrons. The number of aliphatic carboxylic acids is 1. The molecule has 5 rings (SSSR count). The minimum Gasteiger partial charge on any atom is -0.486 e. The van der Waals surface area contributed by atoms with Gasteiger partial charge in [-0.25, -0.2) is 4.79 Å². The highest BCUT2D eigenvalue weighted by molar-refractivity contribution is 8.01. The third-order valence-electron chi connectivity index (χ3n) is 6.01. The number of hydrogen-bond acceptors (Lipinski definition) is 10. The Bertz CT molecular complexity index is 1400. The predicted octanol–water partition coefficient (Wildman–Crippen LogP) is 3.73. The summed E-state index contributed by atoms with van der Waals surface area (Å²) in [6, 6.07) is 10.1. The molecule has 10 nitrogen and oxygen atoms in total. The smallest absolute Gasteiger partial charge is 0.352 e. The van der Waals surface area contributed by atoms with E-state index in [0.29, 0.717) is 28.6 Å². The van der Waals surface area contributed by atoms with Crippen LogP contribution in [0.5, 0.6) is 5.75 Å². The molecule has 0 bridgehead atoms. The van der Waals surface area contributed by atoms with Crippen LogP contribution in [-0.4, -0.2) is 60.9 Å². The number of nitrogens with one attached hydrogen (secondary N) is 1. The molecule has 0 spiro atoms. The molecule has 2 atom stereocenters. The van der Waals surface area contributed by atoms with Gasteiger partial charge >= 0.3 is 5.97 Å². The van der Waals surface area contributed by atoms with Crippen LogP contribution in [0.25, 0.3) is 0 Å². The van der Waals surface area contributed by atoms with Crippen LogP contribution in [0, 0.1) is 6.92 Å². The van der Waals surface area contributed by atoms with E-state index in [1.165, 1.54) is 51.4 Å². The maximum Gasteiger partial charge on any atom is 0.352 e. The van der Waals surface area contributed by atoms with Gasteiger partial charge < -0.3 is 19.6 Å². The van der Waals surface area contributed by atoms with Gasteiger partial charge in [0.2, 0.25) is 0 Å². The Morgan fingerprint density at radius 3 is 2.71 bits per heavy atom. The number of aryl methyl sites for hydroxylation is 2. The number of carboxylic acids is 1. The number of ether oxygens (including phenoxy) is 1. The van der Waals surface area contributed by atoms with Crippen LogP contribution in [-0.2, 0) is 22.6 Å². The van der Waals surface area contributed by atoms with Crippen molar-refractivity contribution in [1.29, 1.82) is 0 Å². The normalized spacial score (nSPS) is 18.7. The van der Waals surface area contributed by atoms with Gasteiger partial charge in [0, 0.05) is 11.5 Å². The van der Waals surface area contributed by atoms with Crippen LogP contribution in [0.1, 0.15) is 33.8 Å². The van der Waals surface area contributed by atoms with E-state index in [1.54, 1.807) is 6.07 Å². The maximum atomic E-state index is 12.9. The van der Waals surface area contributed by atoms with Crippen LogP contribution >= 0.6 is 34.9 Å². The quantitative estimate of drug-likeness (QED) is 0.273.